The second-order valence-corrected chi connectivity index (χ2v) is 9.95. The summed E-state index contributed by atoms with van der Waals surface area (Å²) < 4.78 is 0. The van der Waals surface area contributed by atoms with E-state index in [0.717, 1.165) is 44.9 Å². The third-order valence-corrected chi connectivity index (χ3v) is 8.92. The van der Waals surface area contributed by atoms with E-state index in [1.807, 2.05) is 0 Å². The van der Waals surface area contributed by atoms with Crippen LogP contribution in [0.5, 0.6) is 0 Å². The van der Waals surface area contributed by atoms with Gasteiger partial charge in [0.05, 0.1) is 6.10 Å². The molecule has 0 bridgehead atoms. The van der Waals surface area contributed by atoms with Crippen LogP contribution in [0.4, 0.5) is 0 Å². The number of Topliss-reactive ketones (excluding diaryl/α,β-unsaturated/α-hetero) is 1. The molecule has 4 heteroatoms. The fraction of sp³-hybridized carbons (Fsp3) is 0.905. The van der Waals surface area contributed by atoms with E-state index in [1.54, 1.807) is 0 Å². The van der Waals surface area contributed by atoms with Crippen LogP contribution in [-0.4, -0.2) is 28.1 Å². The van der Waals surface area contributed by atoms with Gasteiger partial charge in [-0.1, -0.05) is 13.8 Å². The van der Waals surface area contributed by atoms with Gasteiger partial charge >= 0.3 is 5.97 Å². The van der Waals surface area contributed by atoms with Crippen molar-refractivity contribution in [2.45, 2.75) is 77.7 Å². The van der Waals surface area contributed by atoms with Gasteiger partial charge in [0, 0.05) is 18.3 Å². The molecule has 0 aromatic carbocycles. The summed E-state index contributed by atoms with van der Waals surface area (Å²) in [7, 11) is 0. The number of fused-ring (bicyclic) bond motifs is 5. The summed E-state index contributed by atoms with van der Waals surface area (Å²) in [5, 5.41) is 19.5. The highest BCUT2D eigenvalue weighted by molar-refractivity contribution is 5.88. The van der Waals surface area contributed by atoms with Gasteiger partial charge in [-0.05, 0) is 80.0 Å². The predicted octanol–water partition coefficient (Wildman–Crippen LogP) is 3.66. The Morgan fingerprint density at radius 2 is 1.92 bits per heavy atom. The summed E-state index contributed by atoms with van der Waals surface area (Å²) in [6.07, 6.45) is 7.66. The van der Waals surface area contributed by atoms with Crippen molar-refractivity contribution in [2.75, 3.05) is 0 Å². The number of carbonyl (C=O) groups excluding carboxylic acids is 1. The number of aliphatic hydroxyl groups excluding tert-OH is 1. The highest BCUT2D eigenvalue weighted by Crippen LogP contribution is 2.66. The quantitative estimate of drug-likeness (QED) is 0.798. The maximum atomic E-state index is 12.8. The van der Waals surface area contributed by atoms with Crippen LogP contribution >= 0.6 is 0 Å². The third-order valence-electron chi connectivity index (χ3n) is 8.92. The lowest BCUT2D eigenvalue weighted by Gasteiger charge is -2.60. The molecule has 0 saturated heterocycles. The highest BCUT2D eigenvalue weighted by Gasteiger charge is 2.62. The first-order chi connectivity index (χ1) is 11.8. The standard InChI is InChI=1S/C21H32O4/c1-20-7-5-14(22)11-13(20)3-4-15-16(20)6-8-21(2)17(23)9-12(19(15)21)10-18(24)25/h12-16,19,22H,3-11H2,1-2H3,(H,24,25)/t12?,13-,14+,15+,16-,19-,20-,21+/m0/s1. The SMILES string of the molecule is C[C@]12CC[C@@H](O)C[C@@H]1CC[C@@H]1[C@@H]2CC[C@]2(C)C(=O)CC(CC(=O)O)[C@@H]12. The van der Waals surface area contributed by atoms with Crippen molar-refractivity contribution in [3.63, 3.8) is 0 Å². The van der Waals surface area contributed by atoms with E-state index in [0.29, 0.717) is 30.0 Å². The van der Waals surface area contributed by atoms with E-state index in [9.17, 15) is 19.8 Å². The molecule has 8 atom stereocenters. The minimum Gasteiger partial charge on any atom is -0.481 e. The number of hydrogen-bond acceptors (Lipinski definition) is 3. The summed E-state index contributed by atoms with van der Waals surface area (Å²) in [6.45, 7) is 4.54. The van der Waals surface area contributed by atoms with Crippen molar-refractivity contribution in [3.05, 3.63) is 0 Å². The van der Waals surface area contributed by atoms with E-state index in [-0.39, 0.29) is 35.2 Å². The molecule has 0 heterocycles. The van der Waals surface area contributed by atoms with Crippen molar-refractivity contribution in [3.8, 4) is 0 Å². The number of aliphatic hydroxyl groups is 1. The Balaban J connectivity index is 1.66. The van der Waals surface area contributed by atoms with Gasteiger partial charge in [0.15, 0.2) is 0 Å². The Labute approximate surface area is 150 Å². The maximum Gasteiger partial charge on any atom is 0.303 e. The number of carboxylic acids is 1. The molecule has 4 rings (SSSR count). The Hall–Kier alpha value is -0.900. The third kappa shape index (κ3) is 2.50. The summed E-state index contributed by atoms with van der Waals surface area (Å²) in [6, 6.07) is 0. The van der Waals surface area contributed by atoms with E-state index in [1.165, 1.54) is 0 Å². The van der Waals surface area contributed by atoms with Gasteiger partial charge in [0.2, 0.25) is 0 Å². The van der Waals surface area contributed by atoms with Crippen molar-refractivity contribution >= 4 is 11.8 Å². The first-order valence-corrected chi connectivity index (χ1v) is 10.2. The van der Waals surface area contributed by atoms with Crippen molar-refractivity contribution in [2.24, 2.45) is 40.4 Å². The second kappa shape index (κ2) is 5.80. The summed E-state index contributed by atoms with van der Waals surface area (Å²) >= 11 is 0. The van der Waals surface area contributed by atoms with E-state index < -0.39 is 5.97 Å². The molecule has 0 aliphatic heterocycles. The molecule has 25 heavy (non-hydrogen) atoms. The van der Waals surface area contributed by atoms with Crippen LogP contribution in [0.2, 0.25) is 0 Å². The Morgan fingerprint density at radius 3 is 2.64 bits per heavy atom. The zero-order valence-corrected chi connectivity index (χ0v) is 15.5. The highest BCUT2D eigenvalue weighted by atomic mass is 16.4. The first-order valence-electron chi connectivity index (χ1n) is 10.2. The maximum absolute atomic E-state index is 12.8. The zero-order chi connectivity index (χ0) is 18.0. The van der Waals surface area contributed by atoms with Gasteiger partial charge in [0.25, 0.3) is 0 Å². The molecule has 2 N–H and O–H groups in total. The lowest BCUT2D eigenvalue weighted by Crippen LogP contribution is -2.54. The van der Waals surface area contributed by atoms with Crippen LogP contribution in [-0.2, 0) is 9.59 Å². The summed E-state index contributed by atoms with van der Waals surface area (Å²) in [4.78, 5) is 24.2. The van der Waals surface area contributed by atoms with Crippen LogP contribution in [0, 0.1) is 40.4 Å². The van der Waals surface area contributed by atoms with Gasteiger partial charge in [-0.15, -0.1) is 0 Å². The van der Waals surface area contributed by atoms with Crippen molar-refractivity contribution in [1.82, 2.24) is 0 Å². The van der Waals surface area contributed by atoms with Crippen LogP contribution in [0.25, 0.3) is 0 Å². The molecule has 0 amide bonds. The number of rotatable bonds is 2. The largest absolute Gasteiger partial charge is 0.481 e. The normalized spacial score (nSPS) is 52.2. The molecule has 4 saturated carbocycles. The van der Waals surface area contributed by atoms with Gasteiger partial charge in [-0.25, -0.2) is 0 Å². The molecule has 0 spiro atoms. The lowest BCUT2D eigenvalue weighted by atomic mass is 9.44. The Kier molecular flexibility index (Phi) is 4.06. The zero-order valence-electron chi connectivity index (χ0n) is 15.5. The van der Waals surface area contributed by atoms with E-state index in [4.69, 9.17) is 0 Å². The predicted molar refractivity (Wildman–Crippen MR) is 93.9 cm³/mol. The van der Waals surface area contributed by atoms with E-state index in [2.05, 4.69) is 13.8 Å². The van der Waals surface area contributed by atoms with Gasteiger partial charge in [-0.2, -0.15) is 0 Å². The minimum atomic E-state index is -0.759. The first kappa shape index (κ1) is 17.5. The molecule has 4 aliphatic rings. The minimum absolute atomic E-state index is 0.0251. The average molecular weight is 348 g/mol. The number of hydrogen-bond donors (Lipinski definition) is 2. The topological polar surface area (TPSA) is 74.6 Å². The lowest BCUT2D eigenvalue weighted by molar-refractivity contribution is -0.148. The summed E-state index contributed by atoms with van der Waals surface area (Å²) in [5.74, 6) is 1.51. The fourth-order valence-electron chi connectivity index (χ4n) is 7.70. The van der Waals surface area contributed by atoms with Gasteiger partial charge in [-0.3, -0.25) is 9.59 Å². The molecule has 0 aromatic heterocycles. The molecular weight excluding hydrogens is 316 g/mol. The second-order valence-electron chi connectivity index (χ2n) is 9.95. The molecule has 4 fully saturated rings. The average Bonchev–Trinajstić information content (AvgIpc) is 2.78. The number of aliphatic carboxylic acids is 1. The van der Waals surface area contributed by atoms with E-state index >= 15 is 0 Å². The molecule has 0 aromatic rings. The van der Waals surface area contributed by atoms with Crippen LogP contribution in [0.15, 0.2) is 0 Å². The van der Waals surface area contributed by atoms with Crippen LogP contribution < -0.4 is 0 Å². The Bertz CT molecular complexity index is 586. The van der Waals surface area contributed by atoms with Crippen molar-refractivity contribution < 1.29 is 19.8 Å². The number of carbonyl (C=O) groups is 2. The number of carboxylic acid groups (broad SMARTS) is 1. The molecule has 1 unspecified atom stereocenters. The molecule has 4 nitrogen and oxygen atoms in total. The Morgan fingerprint density at radius 1 is 1.16 bits per heavy atom. The van der Waals surface area contributed by atoms with Crippen molar-refractivity contribution in [1.29, 1.82) is 0 Å². The molecule has 4 aliphatic carbocycles. The van der Waals surface area contributed by atoms with Gasteiger partial charge < -0.3 is 10.2 Å². The smallest absolute Gasteiger partial charge is 0.303 e. The number of ketones is 1. The van der Waals surface area contributed by atoms with Gasteiger partial charge in [0.1, 0.15) is 5.78 Å². The van der Waals surface area contributed by atoms with Crippen LogP contribution in [0.1, 0.15) is 71.6 Å². The monoisotopic (exact) mass is 348 g/mol. The molecule has 140 valence electrons. The fourth-order valence-corrected chi connectivity index (χ4v) is 7.70. The van der Waals surface area contributed by atoms with Crippen LogP contribution in [0.3, 0.4) is 0 Å². The molecule has 0 radical (unpaired) electrons. The summed E-state index contributed by atoms with van der Waals surface area (Å²) in [5.41, 5.74) is -0.0262. The molecular formula is C21H32O4.